The summed E-state index contributed by atoms with van der Waals surface area (Å²) in [7, 11) is 0. The van der Waals surface area contributed by atoms with E-state index in [0.717, 1.165) is 42.4 Å². The van der Waals surface area contributed by atoms with Crippen molar-refractivity contribution in [2.75, 3.05) is 13.1 Å². The number of nitrogens with one attached hydrogen (secondary N) is 1. The Kier molecular flexibility index (Phi) is 3.11. The van der Waals surface area contributed by atoms with Gasteiger partial charge in [-0.1, -0.05) is 0 Å². The molecule has 2 aromatic rings. The van der Waals surface area contributed by atoms with Crippen molar-refractivity contribution in [1.29, 1.82) is 0 Å². The van der Waals surface area contributed by atoms with Crippen LogP contribution in [0.1, 0.15) is 24.8 Å². The molecule has 100 valence electrons. The molecule has 0 aliphatic carbocycles. The molecule has 1 N–H and O–H groups in total. The largest absolute Gasteiger partial charge is 0.416 e. The highest BCUT2D eigenvalue weighted by Gasteiger charge is 2.20. The zero-order chi connectivity index (χ0) is 13.2. The highest BCUT2D eigenvalue weighted by atomic mass is 16.6. The van der Waals surface area contributed by atoms with Crippen LogP contribution in [-0.4, -0.2) is 34.1 Å². The van der Waals surface area contributed by atoms with Crippen molar-refractivity contribution >= 4 is 17.0 Å². The number of fused-ring (bicyclic) bond motifs is 1. The van der Waals surface area contributed by atoms with E-state index < -0.39 is 0 Å². The second-order valence-electron chi connectivity index (χ2n) is 4.91. The summed E-state index contributed by atoms with van der Waals surface area (Å²) in [6.07, 6.45) is 6.56. The van der Waals surface area contributed by atoms with Crippen LogP contribution in [0.25, 0.3) is 10.9 Å². The Morgan fingerprint density at radius 1 is 1.37 bits per heavy atom. The number of hydrogen-bond donors (Lipinski definition) is 1. The number of H-pyrrole nitrogens is 1. The number of pyridine rings is 1. The summed E-state index contributed by atoms with van der Waals surface area (Å²) in [5.41, 5.74) is 1.85. The second-order valence-corrected chi connectivity index (χ2v) is 4.91. The predicted molar refractivity (Wildman–Crippen MR) is 72.3 cm³/mol. The number of hydrogen-bond acceptors (Lipinski definition) is 3. The molecule has 0 aromatic carbocycles. The summed E-state index contributed by atoms with van der Waals surface area (Å²) < 4.78 is 5.42. The number of aromatic amines is 1. The smallest absolute Gasteiger partial charge is 0.391 e. The van der Waals surface area contributed by atoms with Crippen molar-refractivity contribution in [2.45, 2.75) is 26.2 Å². The molecule has 1 aliphatic heterocycles. The Morgan fingerprint density at radius 2 is 2.16 bits per heavy atom. The third kappa shape index (κ3) is 2.28. The van der Waals surface area contributed by atoms with Crippen LogP contribution in [0, 0.1) is 6.92 Å². The monoisotopic (exact) mass is 259 g/mol. The first-order valence-corrected chi connectivity index (χ1v) is 6.65. The molecule has 3 rings (SSSR count). The average molecular weight is 259 g/mol. The molecule has 5 nitrogen and oxygen atoms in total. The van der Waals surface area contributed by atoms with E-state index in [1.807, 2.05) is 19.2 Å². The molecular weight excluding hydrogens is 242 g/mol. The fourth-order valence-corrected chi connectivity index (χ4v) is 2.48. The van der Waals surface area contributed by atoms with Crippen LogP contribution in [0.5, 0.6) is 5.88 Å². The Labute approximate surface area is 111 Å². The molecule has 1 saturated heterocycles. The maximum atomic E-state index is 12.0. The minimum absolute atomic E-state index is 0.287. The summed E-state index contributed by atoms with van der Waals surface area (Å²) in [6.45, 7) is 3.48. The molecule has 1 aliphatic rings. The van der Waals surface area contributed by atoms with Crippen LogP contribution in [-0.2, 0) is 0 Å². The molecule has 3 heterocycles. The van der Waals surface area contributed by atoms with Gasteiger partial charge in [-0.25, -0.2) is 9.78 Å². The molecule has 0 radical (unpaired) electrons. The maximum Gasteiger partial charge on any atom is 0.416 e. The Hall–Kier alpha value is -2.04. The first-order chi connectivity index (χ1) is 9.25. The molecule has 0 atom stereocenters. The summed E-state index contributed by atoms with van der Waals surface area (Å²) >= 11 is 0. The molecular formula is C14H17N3O2. The third-order valence-electron chi connectivity index (χ3n) is 3.61. The van der Waals surface area contributed by atoms with Gasteiger partial charge < -0.3 is 14.6 Å². The number of rotatable bonds is 1. The number of ether oxygens (including phenoxy) is 1. The second kappa shape index (κ2) is 4.91. The van der Waals surface area contributed by atoms with Crippen LogP contribution >= 0.6 is 0 Å². The molecule has 0 spiro atoms. The van der Waals surface area contributed by atoms with Crippen LogP contribution in [0.4, 0.5) is 4.79 Å². The molecule has 2 aromatic heterocycles. The number of aryl methyl sites for hydroxylation is 1. The van der Waals surface area contributed by atoms with E-state index in [1.54, 1.807) is 11.1 Å². The van der Waals surface area contributed by atoms with Crippen LogP contribution in [0.3, 0.4) is 0 Å². The van der Waals surface area contributed by atoms with Crippen molar-refractivity contribution < 1.29 is 9.53 Å². The van der Waals surface area contributed by atoms with E-state index >= 15 is 0 Å². The lowest BCUT2D eigenvalue weighted by molar-refractivity contribution is 0.140. The van der Waals surface area contributed by atoms with Gasteiger partial charge in [0, 0.05) is 30.2 Å². The summed E-state index contributed by atoms with van der Waals surface area (Å²) in [5, 5.41) is 1.04. The van der Waals surface area contributed by atoms with Crippen molar-refractivity contribution in [3.05, 3.63) is 24.0 Å². The lowest BCUT2D eigenvalue weighted by atomic mass is 10.1. The molecule has 0 bridgehead atoms. The van der Waals surface area contributed by atoms with Crippen molar-refractivity contribution in [3.8, 4) is 5.88 Å². The minimum atomic E-state index is -0.287. The summed E-state index contributed by atoms with van der Waals surface area (Å²) in [6, 6.07) is 1.96. The highest BCUT2D eigenvalue weighted by Crippen LogP contribution is 2.24. The molecule has 0 saturated carbocycles. The maximum absolute atomic E-state index is 12.0. The number of piperidine rings is 1. The van der Waals surface area contributed by atoms with Gasteiger partial charge in [0.05, 0.1) is 11.7 Å². The normalized spacial score (nSPS) is 15.7. The predicted octanol–water partition coefficient (Wildman–Crippen LogP) is 2.86. The van der Waals surface area contributed by atoms with Crippen molar-refractivity contribution in [1.82, 2.24) is 14.9 Å². The van der Waals surface area contributed by atoms with Gasteiger partial charge in [0.25, 0.3) is 0 Å². The summed E-state index contributed by atoms with van der Waals surface area (Å²) in [5.74, 6) is 0.405. The van der Waals surface area contributed by atoms with Gasteiger partial charge in [-0.2, -0.15) is 0 Å². The number of likely N-dealkylation sites (tertiary alicyclic amines) is 1. The zero-order valence-corrected chi connectivity index (χ0v) is 11.0. The van der Waals surface area contributed by atoms with E-state index in [4.69, 9.17) is 4.74 Å². The third-order valence-corrected chi connectivity index (χ3v) is 3.61. The lowest BCUT2D eigenvalue weighted by Crippen LogP contribution is -2.37. The average Bonchev–Trinajstić information content (AvgIpc) is 2.92. The van der Waals surface area contributed by atoms with Gasteiger partial charge >= 0.3 is 6.09 Å². The zero-order valence-electron chi connectivity index (χ0n) is 11.0. The number of amides is 1. The SMILES string of the molecule is Cc1c(OC(=O)N2CCCCC2)ncc2[nH]ccc12. The Balaban J connectivity index is 1.80. The lowest BCUT2D eigenvalue weighted by Gasteiger charge is -2.25. The van der Waals surface area contributed by atoms with Gasteiger partial charge in [-0.05, 0) is 32.3 Å². The number of carbonyl (C=O) groups is 1. The summed E-state index contributed by atoms with van der Waals surface area (Å²) in [4.78, 5) is 21.1. The van der Waals surface area contributed by atoms with Gasteiger partial charge in [-0.15, -0.1) is 0 Å². The van der Waals surface area contributed by atoms with E-state index in [-0.39, 0.29) is 6.09 Å². The molecule has 19 heavy (non-hydrogen) atoms. The Morgan fingerprint density at radius 3 is 2.95 bits per heavy atom. The van der Waals surface area contributed by atoms with E-state index in [0.29, 0.717) is 5.88 Å². The number of carbonyl (C=O) groups excluding carboxylic acids is 1. The highest BCUT2D eigenvalue weighted by molar-refractivity contribution is 5.84. The van der Waals surface area contributed by atoms with Gasteiger partial charge in [0.2, 0.25) is 5.88 Å². The van der Waals surface area contributed by atoms with Gasteiger partial charge in [0.15, 0.2) is 0 Å². The number of nitrogens with zero attached hydrogens (tertiary/aromatic N) is 2. The minimum Gasteiger partial charge on any atom is -0.391 e. The quantitative estimate of drug-likeness (QED) is 0.856. The first-order valence-electron chi connectivity index (χ1n) is 6.65. The van der Waals surface area contributed by atoms with Crippen molar-refractivity contribution in [2.24, 2.45) is 0 Å². The van der Waals surface area contributed by atoms with Crippen molar-refractivity contribution in [3.63, 3.8) is 0 Å². The molecule has 1 fully saturated rings. The van der Waals surface area contributed by atoms with Crippen LogP contribution in [0.2, 0.25) is 0 Å². The standard InChI is InChI=1S/C14H17N3O2/c1-10-11-5-6-15-12(11)9-16-13(10)19-14(18)17-7-3-2-4-8-17/h5-6,9,15H,2-4,7-8H2,1H3. The van der Waals surface area contributed by atoms with E-state index in [1.165, 1.54) is 6.42 Å². The van der Waals surface area contributed by atoms with Crippen LogP contribution in [0.15, 0.2) is 18.5 Å². The first kappa shape index (κ1) is 12.0. The Bertz CT molecular complexity index is 600. The van der Waals surface area contributed by atoms with Crippen LogP contribution < -0.4 is 4.74 Å². The van der Waals surface area contributed by atoms with E-state index in [9.17, 15) is 4.79 Å². The molecule has 5 heteroatoms. The fraction of sp³-hybridized carbons (Fsp3) is 0.429. The topological polar surface area (TPSA) is 58.2 Å². The number of aromatic nitrogens is 2. The van der Waals surface area contributed by atoms with Gasteiger partial charge in [-0.3, -0.25) is 0 Å². The molecule has 1 amide bonds. The van der Waals surface area contributed by atoms with Gasteiger partial charge in [0.1, 0.15) is 0 Å². The fourth-order valence-electron chi connectivity index (χ4n) is 2.48. The van der Waals surface area contributed by atoms with E-state index in [2.05, 4.69) is 9.97 Å². The molecule has 0 unspecified atom stereocenters.